The second-order valence-electron chi connectivity index (χ2n) is 5.82. The van der Waals surface area contributed by atoms with Crippen molar-refractivity contribution in [1.82, 2.24) is 5.32 Å². The fourth-order valence-electron chi connectivity index (χ4n) is 1.81. The van der Waals surface area contributed by atoms with E-state index in [1.165, 1.54) is 10.5 Å². The van der Waals surface area contributed by atoms with Gasteiger partial charge in [-0.1, -0.05) is 64.1 Å². The molecule has 1 amide bonds. The average Bonchev–Trinajstić information content (AvgIpc) is 2.55. The first-order valence-corrected chi connectivity index (χ1v) is 9.76. The Hall–Kier alpha value is -1.43. The molecule has 0 saturated carbocycles. The van der Waals surface area contributed by atoms with Crippen molar-refractivity contribution in [3.05, 3.63) is 65.7 Å². The topological polar surface area (TPSA) is 55.1 Å². The van der Waals surface area contributed by atoms with Gasteiger partial charge in [-0.05, 0) is 37.1 Å². The molecule has 23 heavy (non-hydrogen) atoms. The summed E-state index contributed by atoms with van der Waals surface area (Å²) in [5.74, 6) is 0.642. The molecule has 0 aliphatic carbocycles. The second kappa shape index (κ2) is 8.43. The van der Waals surface area contributed by atoms with Gasteiger partial charge in [0.1, 0.15) is 0 Å². The molecule has 0 atom stereocenters. The van der Waals surface area contributed by atoms with E-state index >= 15 is 0 Å². The Morgan fingerprint density at radius 1 is 1.04 bits per heavy atom. The third kappa shape index (κ3) is 5.94. The van der Waals surface area contributed by atoms with Crippen LogP contribution in [-0.2, 0) is 17.1 Å². The van der Waals surface area contributed by atoms with Crippen molar-refractivity contribution in [2.45, 2.75) is 36.6 Å². The number of hydrogen-bond donors (Lipinski definition) is 2. The summed E-state index contributed by atoms with van der Waals surface area (Å²) in [4.78, 5) is 12.5. The quantitative estimate of drug-likeness (QED) is 0.710. The van der Waals surface area contributed by atoms with Crippen LogP contribution in [-0.4, -0.2) is 11.4 Å². The third-order valence-corrected chi connectivity index (χ3v) is 5.82. The van der Waals surface area contributed by atoms with Crippen molar-refractivity contribution in [2.24, 2.45) is 5.73 Å². The third-order valence-electron chi connectivity index (χ3n) is 3.50. The molecule has 3 nitrogen and oxygen atoms in total. The Morgan fingerprint density at radius 3 is 2.30 bits per heavy atom. The Balaban J connectivity index is 1.79. The van der Waals surface area contributed by atoms with E-state index in [1.807, 2.05) is 16.9 Å². The highest BCUT2D eigenvalue weighted by Crippen LogP contribution is 2.33. The molecule has 0 aliphatic rings. The maximum atomic E-state index is 11.3. The van der Waals surface area contributed by atoms with Crippen LogP contribution >= 0.6 is 21.6 Å². The number of amides is 1. The molecule has 3 N–H and O–H groups in total. The zero-order valence-electron chi connectivity index (χ0n) is 13.4. The molecule has 122 valence electrons. The van der Waals surface area contributed by atoms with E-state index in [1.54, 1.807) is 24.6 Å². The highest BCUT2D eigenvalue weighted by molar-refractivity contribution is 8.76. The van der Waals surface area contributed by atoms with Gasteiger partial charge in [0.25, 0.3) is 0 Å². The van der Waals surface area contributed by atoms with E-state index in [2.05, 4.69) is 53.8 Å². The number of nitrogens with two attached hydrogens (primary N) is 1. The lowest BCUT2D eigenvalue weighted by Crippen LogP contribution is -2.50. The van der Waals surface area contributed by atoms with Gasteiger partial charge in [-0.2, -0.15) is 0 Å². The van der Waals surface area contributed by atoms with Crippen molar-refractivity contribution in [2.75, 3.05) is 0 Å². The van der Waals surface area contributed by atoms with E-state index in [4.69, 9.17) is 5.73 Å². The maximum Gasteiger partial charge on any atom is 0.237 e. The van der Waals surface area contributed by atoms with Crippen LogP contribution in [0, 0.1) is 0 Å². The molecule has 0 bridgehead atoms. The van der Waals surface area contributed by atoms with Gasteiger partial charge in [-0.3, -0.25) is 10.1 Å². The number of carbonyl (C=O) groups excluding carboxylic acids is 1. The summed E-state index contributed by atoms with van der Waals surface area (Å²) in [5, 5.41) is 3.17. The van der Waals surface area contributed by atoms with Crippen LogP contribution in [0.5, 0.6) is 0 Å². The molecule has 0 spiro atoms. The van der Waals surface area contributed by atoms with E-state index < -0.39 is 5.54 Å². The molecule has 2 rings (SSSR count). The predicted octanol–water partition coefficient (Wildman–Crippen LogP) is 3.98. The molecular weight excluding hydrogens is 324 g/mol. The number of rotatable bonds is 8. The van der Waals surface area contributed by atoms with Crippen molar-refractivity contribution < 1.29 is 4.79 Å². The Labute approximate surface area is 145 Å². The molecule has 0 heterocycles. The summed E-state index contributed by atoms with van der Waals surface area (Å²) in [6.45, 7) is 4.21. The van der Waals surface area contributed by atoms with E-state index in [0.29, 0.717) is 6.54 Å². The van der Waals surface area contributed by atoms with Crippen LogP contribution in [0.15, 0.2) is 59.5 Å². The van der Waals surface area contributed by atoms with Gasteiger partial charge < -0.3 is 5.73 Å². The molecule has 2 aromatic rings. The molecule has 0 radical (unpaired) electrons. The normalized spacial score (nSPS) is 11.4. The Morgan fingerprint density at radius 2 is 1.70 bits per heavy atom. The zero-order chi connectivity index (χ0) is 16.7. The van der Waals surface area contributed by atoms with Gasteiger partial charge in [0, 0.05) is 17.2 Å². The summed E-state index contributed by atoms with van der Waals surface area (Å²) in [6, 6.07) is 18.8. The fourth-order valence-corrected chi connectivity index (χ4v) is 3.91. The van der Waals surface area contributed by atoms with Gasteiger partial charge in [0.15, 0.2) is 0 Å². The average molecular weight is 347 g/mol. The van der Waals surface area contributed by atoms with Crippen LogP contribution < -0.4 is 11.1 Å². The molecule has 0 aromatic heterocycles. The molecule has 0 saturated heterocycles. The summed E-state index contributed by atoms with van der Waals surface area (Å²) < 4.78 is 0. The van der Waals surface area contributed by atoms with Gasteiger partial charge >= 0.3 is 0 Å². The molecule has 0 unspecified atom stereocenters. The van der Waals surface area contributed by atoms with Gasteiger partial charge in [0.2, 0.25) is 5.91 Å². The van der Waals surface area contributed by atoms with Gasteiger partial charge in [-0.25, -0.2) is 0 Å². The van der Waals surface area contributed by atoms with E-state index in [-0.39, 0.29) is 5.91 Å². The lowest BCUT2D eigenvalue weighted by atomic mass is 10.0. The van der Waals surface area contributed by atoms with Crippen LogP contribution in [0.25, 0.3) is 0 Å². The fraction of sp³-hybridized carbons (Fsp3) is 0.278. The van der Waals surface area contributed by atoms with E-state index in [9.17, 15) is 4.79 Å². The number of hydrogen-bond acceptors (Lipinski definition) is 4. The van der Waals surface area contributed by atoms with Crippen molar-refractivity contribution in [3.63, 3.8) is 0 Å². The largest absolute Gasteiger partial charge is 0.368 e. The smallest absolute Gasteiger partial charge is 0.237 e. The molecule has 0 fully saturated rings. The minimum Gasteiger partial charge on any atom is -0.368 e. The first kappa shape index (κ1) is 17.9. The van der Waals surface area contributed by atoms with Crippen molar-refractivity contribution >= 4 is 27.5 Å². The van der Waals surface area contributed by atoms with Gasteiger partial charge in [0.05, 0.1) is 5.54 Å². The minimum atomic E-state index is -0.695. The number of carbonyl (C=O) groups is 1. The molecule has 5 heteroatoms. The monoisotopic (exact) mass is 346 g/mol. The van der Waals surface area contributed by atoms with Gasteiger partial charge in [-0.15, -0.1) is 0 Å². The zero-order valence-corrected chi connectivity index (χ0v) is 15.0. The SMILES string of the molecule is CC(C)(NCc1ccc(SSCc2ccccc2)cc1)C(N)=O. The number of nitrogens with one attached hydrogen (secondary N) is 1. The highest BCUT2D eigenvalue weighted by atomic mass is 33.1. The van der Waals surface area contributed by atoms with Crippen LogP contribution in [0.4, 0.5) is 0 Å². The van der Waals surface area contributed by atoms with Crippen LogP contribution in [0.2, 0.25) is 0 Å². The number of benzene rings is 2. The first-order chi connectivity index (χ1) is 11.0. The molecule has 0 aliphatic heterocycles. The lowest BCUT2D eigenvalue weighted by molar-refractivity contribution is -0.123. The molecular formula is C18H22N2OS2. The maximum absolute atomic E-state index is 11.3. The van der Waals surface area contributed by atoms with E-state index in [0.717, 1.165) is 11.3 Å². The highest BCUT2D eigenvalue weighted by Gasteiger charge is 2.23. The number of primary amides is 1. The Bertz CT molecular complexity index is 627. The summed E-state index contributed by atoms with van der Waals surface area (Å²) >= 11 is 0. The summed E-state index contributed by atoms with van der Waals surface area (Å²) in [6.07, 6.45) is 0. The standard InChI is InChI=1S/C18H22N2OS2/c1-18(2,17(19)21)20-12-14-8-10-16(11-9-14)23-22-13-15-6-4-3-5-7-15/h3-11,20H,12-13H2,1-2H3,(H2,19,21). The summed E-state index contributed by atoms with van der Waals surface area (Å²) in [7, 11) is 3.60. The first-order valence-electron chi connectivity index (χ1n) is 7.44. The lowest BCUT2D eigenvalue weighted by Gasteiger charge is -2.22. The minimum absolute atomic E-state index is 0.345. The second-order valence-corrected chi connectivity index (χ2v) is 8.19. The van der Waals surface area contributed by atoms with Crippen molar-refractivity contribution in [3.8, 4) is 0 Å². The Kier molecular flexibility index (Phi) is 6.57. The predicted molar refractivity (Wildman–Crippen MR) is 100 cm³/mol. The van der Waals surface area contributed by atoms with Crippen LogP contribution in [0.1, 0.15) is 25.0 Å². The summed E-state index contributed by atoms with van der Waals surface area (Å²) in [5.41, 5.74) is 7.13. The van der Waals surface area contributed by atoms with Crippen LogP contribution in [0.3, 0.4) is 0 Å². The molecule has 2 aromatic carbocycles. The van der Waals surface area contributed by atoms with Crippen molar-refractivity contribution in [1.29, 1.82) is 0 Å².